The van der Waals surface area contributed by atoms with E-state index in [-0.39, 0.29) is 5.91 Å². The van der Waals surface area contributed by atoms with Gasteiger partial charge >= 0.3 is 0 Å². The lowest BCUT2D eigenvalue weighted by Crippen LogP contribution is -2.13. The molecule has 0 unspecified atom stereocenters. The first-order valence-electron chi connectivity index (χ1n) is 8.13. The summed E-state index contributed by atoms with van der Waals surface area (Å²) < 4.78 is 15.5. The van der Waals surface area contributed by atoms with E-state index in [0.29, 0.717) is 33.5 Å². The molecule has 0 aliphatic heterocycles. The number of nitrogens with one attached hydrogen (secondary N) is 1. The summed E-state index contributed by atoms with van der Waals surface area (Å²) in [5, 5.41) is 7.44. The third-order valence-corrected chi connectivity index (χ3v) is 4.70. The second-order valence-electron chi connectivity index (χ2n) is 5.63. The van der Waals surface area contributed by atoms with E-state index in [1.54, 1.807) is 50.7 Å². The number of rotatable bonds is 7. The van der Waals surface area contributed by atoms with Gasteiger partial charge in [-0.25, -0.2) is 4.98 Å². The molecule has 0 saturated heterocycles. The van der Waals surface area contributed by atoms with Crippen LogP contribution in [0, 0.1) is 6.92 Å². The number of thioether (sulfide) groups is 1. The first-order valence-corrected chi connectivity index (χ1v) is 9.12. The molecule has 0 bridgehead atoms. The SMILES string of the molecule is COc1cc(NC(=O)c2cccnc2SCc2cc(C)on2)cc(OC)c1. The van der Waals surface area contributed by atoms with Crippen molar-refractivity contribution in [3.8, 4) is 11.5 Å². The average molecular weight is 385 g/mol. The number of pyridine rings is 1. The lowest BCUT2D eigenvalue weighted by Gasteiger charge is -2.11. The first kappa shape index (κ1) is 18.8. The normalized spacial score (nSPS) is 10.5. The van der Waals surface area contributed by atoms with Gasteiger partial charge in [-0.1, -0.05) is 16.9 Å². The minimum Gasteiger partial charge on any atom is -0.497 e. The smallest absolute Gasteiger partial charge is 0.258 e. The molecular weight excluding hydrogens is 366 g/mol. The van der Waals surface area contributed by atoms with Crippen molar-refractivity contribution >= 4 is 23.4 Å². The fourth-order valence-electron chi connectivity index (χ4n) is 2.38. The Morgan fingerprint density at radius 2 is 1.93 bits per heavy atom. The molecule has 2 heterocycles. The number of carbonyl (C=O) groups is 1. The molecule has 0 atom stereocenters. The summed E-state index contributed by atoms with van der Waals surface area (Å²) >= 11 is 1.42. The Morgan fingerprint density at radius 1 is 1.19 bits per heavy atom. The Hall–Kier alpha value is -3.00. The fraction of sp³-hybridized carbons (Fsp3) is 0.211. The van der Waals surface area contributed by atoms with Gasteiger partial charge in [0.25, 0.3) is 5.91 Å². The van der Waals surface area contributed by atoms with E-state index >= 15 is 0 Å². The molecule has 7 nitrogen and oxygen atoms in total. The van der Waals surface area contributed by atoms with E-state index in [4.69, 9.17) is 14.0 Å². The van der Waals surface area contributed by atoms with E-state index in [1.807, 2.05) is 13.0 Å². The van der Waals surface area contributed by atoms with Crippen LogP contribution >= 0.6 is 11.8 Å². The molecule has 1 amide bonds. The Morgan fingerprint density at radius 3 is 2.56 bits per heavy atom. The van der Waals surface area contributed by atoms with Gasteiger partial charge in [0.2, 0.25) is 0 Å². The Kier molecular flexibility index (Phi) is 5.97. The molecule has 8 heteroatoms. The zero-order chi connectivity index (χ0) is 19.2. The minimum atomic E-state index is -0.266. The predicted molar refractivity (Wildman–Crippen MR) is 103 cm³/mol. The van der Waals surface area contributed by atoms with Gasteiger partial charge in [0.1, 0.15) is 22.3 Å². The fourth-order valence-corrected chi connectivity index (χ4v) is 3.26. The Balaban J connectivity index is 1.77. The van der Waals surface area contributed by atoms with Crippen LogP contribution in [0.15, 0.2) is 52.1 Å². The van der Waals surface area contributed by atoms with Crippen LogP contribution in [0.1, 0.15) is 21.8 Å². The second-order valence-corrected chi connectivity index (χ2v) is 6.59. The summed E-state index contributed by atoms with van der Waals surface area (Å²) in [6, 6.07) is 10.5. The zero-order valence-electron chi connectivity index (χ0n) is 15.2. The Labute approximate surface area is 161 Å². The number of methoxy groups -OCH3 is 2. The van der Waals surface area contributed by atoms with Crippen LogP contribution in [0.2, 0.25) is 0 Å². The van der Waals surface area contributed by atoms with Crippen LogP contribution in [0.5, 0.6) is 11.5 Å². The number of hydrogen-bond acceptors (Lipinski definition) is 7. The van der Waals surface area contributed by atoms with Gasteiger partial charge in [-0.2, -0.15) is 0 Å². The standard InChI is InChI=1S/C19H19N3O4S/c1-12-7-14(22-26-12)11-27-19-17(5-4-6-20-19)18(23)21-13-8-15(24-2)10-16(9-13)25-3/h4-10H,11H2,1-3H3,(H,21,23). The highest BCUT2D eigenvalue weighted by atomic mass is 32.2. The maximum absolute atomic E-state index is 12.8. The maximum atomic E-state index is 12.8. The van der Waals surface area contributed by atoms with Gasteiger partial charge < -0.3 is 19.3 Å². The lowest BCUT2D eigenvalue weighted by atomic mass is 10.2. The van der Waals surface area contributed by atoms with E-state index in [1.165, 1.54) is 11.8 Å². The number of hydrogen-bond donors (Lipinski definition) is 1. The van der Waals surface area contributed by atoms with Crippen molar-refractivity contribution in [1.82, 2.24) is 10.1 Å². The van der Waals surface area contributed by atoms with Crippen molar-refractivity contribution in [2.24, 2.45) is 0 Å². The molecule has 3 aromatic rings. The van der Waals surface area contributed by atoms with E-state index in [9.17, 15) is 4.79 Å². The highest BCUT2D eigenvalue weighted by Crippen LogP contribution is 2.28. The number of carbonyl (C=O) groups excluding carboxylic acids is 1. The van der Waals surface area contributed by atoms with Gasteiger partial charge in [-0.15, -0.1) is 0 Å². The van der Waals surface area contributed by atoms with E-state index in [0.717, 1.165) is 11.5 Å². The Bertz CT molecular complexity index is 920. The van der Waals surface area contributed by atoms with Crippen LogP contribution < -0.4 is 14.8 Å². The van der Waals surface area contributed by atoms with Crippen molar-refractivity contribution in [3.05, 3.63) is 59.6 Å². The van der Waals surface area contributed by atoms with Crippen molar-refractivity contribution in [2.75, 3.05) is 19.5 Å². The molecule has 0 aliphatic carbocycles. The number of nitrogens with zero attached hydrogens (tertiary/aromatic N) is 2. The van der Waals surface area contributed by atoms with Gasteiger partial charge in [0.15, 0.2) is 0 Å². The molecule has 1 N–H and O–H groups in total. The lowest BCUT2D eigenvalue weighted by molar-refractivity contribution is 0.102. The maximum Gasteiger partial charge on any atom is 0.258 e. The summed E-state index contributed by atoms with van der Waals surface area (Å²) in [6.07, 6.45) is 1.65. The van der Waals surface area contributed by atoms with Gasteiger partial charge in [-0.05, 0) is 19.1 Å². The van der Waals surface area contributed by atoms with Gasteiger partial charge in [0.05, 0.1) is 25.5 Å². The van der Waals surface area contributed by atoms with E-state index in [2.05, 4.69) is 15.5 Å². The van der Waals surface area contributed by atoms with Gasteiger partial charge in [-0.3, -0.25) is 4.79 Å². The number of benzene rings is 1. The van der Waals surface area contributed by atoms with Crippen molar-refractivity contribution in [2.45, 2.75) is 17.7 Å². The monoisotopic (exact) mass is 385 g/mol. The predicted octanol–water partition coefficient (Wildman–Crippen LogP) is 3.94. The number of aryl methyl sites for hydroxylation is 1. The molecular formula is C19H19N3O4S. The van der Waals surface area contributed by atoms with Crippen molar-refractivity contribution in [1.29, 1.82) is 0 Å². The molecule has 27 heavy (non-hydrogen) atoms. The number of aromatic nitrogens is 2. The largest absolute Gasteiger partial charge is 0.497 e. The van der Waals surface area contributed by atoms with Crippen LogP contribution in [-0.4, -0.2) is 30.3 Å². The molecule has 2 aromatic heterocycles. The molecule has 0 fully saturated rings. The second kappa shape index (κ2) is 8.59. The summed E-state index contributed by atoms with van der Waals surface area (Å²) in [5.41, 5.74) is 1.85. The quantitative estimate of drug-likeness (QED) is 0.616. The minimum absolute atomic E-state index is 0.266. The summed E-state index contributed by atoms with van der Waals surface area (Å²) in [7, 11) is 3.11. The third-order valence-electron chi connectivity index (χ3n) is 3.66. The highest BCUT2D eigenvalue weighted by molar-refractivity contribution is 7.98. The first-order chi connectivity index (χ1) is 13.1. The molecule has 0 radical (unpaired) electrons. The van der Waals surface area contributed by atoms with E-state index < -0.39 is 0 Å². The van der Waals surface area contributed by atoms with Crippen LogP contribution in [-0.2, 0) is 5.75 Å². The highest BCUT2D eigenvalue weighted by Gasteiger charge is 2.15. The van der Waals surface area contributed by atoms with Gasteiger partial charge in [0, 0.05) is 41.9 Å². The molecule has 0 aliphatic rings. The summed E-state index contributed by atoms with van der Waals surface area (Å²) in [6.45, 7) is 1.84. The number of amides is 1. The van der Waals surface area contributed by atoms with Crippen molar-refractivity contribution < 1.29 is 18.8 Å². The van der Waals surface area contributed by atoms with Crippen molar-refractivity contribution in [3.63, 3.8) is 0 Å². The summed E-state index contributed by atoms with van der Waals surface area (Å²) in [5.74, 6) is 2.22. The molecule has 0 saturated carbocycles. The topological polar surface area (TPSA) is 86.5 Å². The average Bonchev–Trinajstić information content (AvgIpc) is 3.11. The third kappa shape index (κ3) is 4.79. The van der Waals surface area contributed by atoms with Crippen LogP contribution in [0.4, 0.5) is 5.69 Å². The molecule has 1 aromatic carbocycles. The van der Waals surface area contributed by atoms with Crippen LogP contribution in [0.25, 0.3) is 0 Å². The number of ether oxygens (including phenoxy) is 2. The molecule has 140 valence electrons. The van der Waals surface area contributed by atoms with Crippen LogP contribution in [0.3, 0.4) is 0 Å². The number of anilines is 1. The molecule has 0 spiro atoms. The zero-order valence-corrected chi connectivity index (χ0v) is 16.0. The summed E-state index contributed by atoms with van der Waals surface area (Å²) in [4.78, 5) is 17.1. The molecule has 3 rings (SSSR count).